The quantitative estimate of drug-likeness (QED) is 0.852. The summed E-state index contributed by atoms with van der Waals surface area (Å²) in [4.78, 5) is 11.4. The van der Waals surface area contributed by atoms with Gasteiger partial charge in [-0.2, -0.15) is 0 Å². The van der Waals surface area contributed by atoms with Crippen molar-refractivity contribution in [2.45, 2.75) is 45.0 Å². The van der Waals surface area contributed by atoms with Gasteiger partial charge in [-0.3, -0.25) is 0 Å². The number of hydrogen-bond acceptors (Lipinski definition) is 4. The first-order valence-corrected chi connectivity index (χ1v) is 8.93. The molecule has 1 aliphatic heterocycles. The molecular formula is C21H26O5. The van der Waals surface area contributed by atoms with Gasteiger partial charge in [0, 0.05) is 18.6 Å². The Morgan fingerprint density at radius 1 is 1.46 bits per heavy atom. The summed E-state index contributed by atoms with van der Waals surface area (Å²) in [5, 5.41) is 9.39. The van der Waals surface area contributed by atoms with Gasteiger partial charge in [0.15, 0.2) is 6.29 Å². The van der Waals surface area contributed by atoms with E-state index in [0.29, 0.717) is 12.0 Å². The molecule has 26 heavy (non-hydrogen) atoms. The first-order valence-electron chi connectivity index (χ1n) is 8.93. The Kier molecular flexibility index (Phi) is 5.49. The Balaban J connectivity index is 1.91. The zero-order valence-corrected chi connectivity index (χ0v) is 15.3. The van der Waals surface area contributed by atoms with Gasteiger partial charge in [0.25, 0.3) is 0 Å². The minimum atomic E-state index is -0.939. The summed E-state index contributed by atoms with van der Waals surface area (Å²) in [5.74, 6) is -0.795. The van der Waals surface area contributed by atoms with Crippen LogP contribution in [0.3, 0.4) is 0 Å². The van der Waals surface area contributed by atoms with E-state index in [1.165, 1.54) is 0 Å². The molecule has 0 radical (unpaired) electrons. The van der Waals surface area contributed by atoms with Gasteiger partial charge in [0.1, 0.15) is 0 Å². The summed E-state index contributed by atoms with van der Waals surface area (Å²) in [6.07, 6.45) is 11.5. The number of furan rings is 1. The highest BCUT2D eigenvalue weighted by Gasteiger charge is 2.46. The summed E-state index contributed by atoms with van der Waals surface area (Å²) in [6, 6.07) is 1.93. The molecule has 0 aromatic carbocycles. The number of carboxylic acids is 1. The first-order chi connectivity index (χ1) is 12.4. The van der Waals surface area contributed by atoms with Gasteiger partial charge in [-0.1, -0.05) is 25.7 Å². The van der Waals surface area contributed by atoms with Gasteiger partial charge in [0.2, 0.25) is 0 Å². The first kappa shape index (κ1) is 18.7. The van der Waals surface area contributed by atoms with Crippen LogP contribution in [0.5, 0.6) is 0 Å². The number of ether oxygens (including phenoxy) is 2. The van der Waals surface area contributed by atoms with Crippen LogP contribution < -0.4 is 0 Å². The van der Waals surface area contributed by atoms with E-state index in [4.69, 9.17) is 13.9 Å². The number of hydrogen-bond donors (Lipinski definition) is 1. The molecule has 1 aromatic heterocycles. The number of carboxylic acid groups (broad SMARTS) is 1. The largest absolute Gasteiger partial charge is 0.478 e. The van der Waals surface area contributed by atoms with Gasteiger partial charge in [-0.05, 0) is 48.8 Å². The molecule has 4 atom stereocenters. The van der Waals surface area contributed by atoms with Crippen LogP contribution in [0.1, 0.15) is 44.3 Å². The average Bonchev–Trinajstić information content (AvgIpc) is 3.13. The van der Waals surface area contributed by atoms with Crippen molar-refractivity contribution in [3.8, 4) is 0 Å². The predicted octanol–water partition coefficient (Wildman–Crippen LogP) is 4.64. The van der Waals surface area contributed by atoms with E-state index >= 15 is 0 Å². The fourth-order valence-electron chi connectivity index (χ4n) is 4.11. The summed E-state index contributed by atoms with van der Waals surface area (Å²) in [5.41, 5.74) is 1.89. The SMILES string of the molecule is C=C1CC[C@H]2[C@@H](OC)O[C@H](c3ccoc3)C[C@]2(C)CC=CC=C1C(=O)O. The van der Waals surface area contributed by atoms with Gasteiger partial charge in [-0.25, -0.2) is 4.79 Å². The number of fused-ring (bicyclic) bond motifs is 1. The maximum absolute atomic E-state index is 11.4. The minimum absolute atomic E-state index is 0.0355. The molecule has 140 valence electrons. The van der Waals surface area contributed by atoms with Gasteiger partial charge >= 0.3 is 5.97 Å². The molecule has 2 aliphatic rings. The molecular weight excluding hydrogens is 332 g/mol. The molecule has 1 N–H and O–H groups in total. The summed E-state index contributed by atoms with van der Waals surface area (Å²) < 4.78 is 17.1. The monoisotopic (exact) mass is 358 g/mol. The molecule has 3 rings (SSSR count). The predicted molar refractivity (Wildman–Crippen MR) is 97.4 cm³/mol. The lowest BCUT2D eigenvalue weighted by Gasteiger charge is -2.48. The maximum atomic E-state index is 11.4. The molecule has 0 spiro atoms. The van der Waals surface area contributed by atoms with Crippen LogP contribution in [0.4, 0.5) is 0 Å². The Hall–Kier alpha value is -2.11. The summed E-state index contributed by atoms with van der Waals surface area (Å²) in [6.45, 7) is 6.24. The fraction of sp³-hybridized carbons (Fsp3) is 0.476. The molecule has 1 aromatic rings. The van der Waals surface area contributed by atoms with E-state index in [1.807, 2.05) is 18.2 Å². The zero-order valence-electron chi connectivity index (χ0n) is 15.3. The van der Waals surface area contributed by atoms with Crippen molar-refractivity contribution in [2.75, 3.05) is 7.11 Å². The van der Waals surface area contributed by atoms with E-state index < -0.39 is 5.97 Å². The van der Waals surface area contributed by atoms with E-state index in [1.54, 1.807) is 25.7 Å². The molecule has 2 heterocycles. The summed E-state index contributed by atoms with van der Waals surface area (Å²) in [7, 11) is 1.66. The second-order valence-electron chi connectivity index (χ2n) is 7.41. The van der Waals surface area contributed by atoms with Gasteiger partial charge in [0.05, 0.1) is 24.2 Å². The third-order valence-corrected chi connectivity index (χ3v) is 5.67. The van der Waals surface area contributed by atoms with Crippen LogP contribution in [0.2, 0.25) is 0 Å². The van der Waals surface area contributed by atoms with E-state index in [9.17, 15) is 9.90 Å². The van der Waals surface area contributed by atoms with E-state index in [0.717, 1.165) is 24.8 Å². The van der Waals surface area contributed by atoms with Crippen molar-refractivity contribution in [3.05, 3.63) is 60.1 Å². The van der Waals surface area contributed by atoms with Crippen molar-refractivity contribution >= 4 is 5.97 Å². The van der Waals surface area contributed by atoms with Crippen LogP contribution in [-0.2, 0) is 14.3 Å². The van der Waals surface area contributed by atoms with Crippen LogP contribution in [-0.4, -0.2) is 24.5 Å². The normalized spacial score (nSPS) is 32.6. The number of carbonyl (C=O) groups is 1. The molecule has 0 unspecified atom stereocenters. The topological polar surface area (TPSA) is 68.9 Å². The van der Waals surface area contributed by atoms with Crippen LogP contribution in [0.25, 0.3) is 0 Å². The molecule has 0 amide bonds. The minimum Gasteiger partial charge on any atom is -0.478 e. The van der Waals surface area contributed by atoms with Crippen molar-refractivity contribution in [1.29, 1.82) is 0 Å². The van der Waals surface area contributed by atoms with Gasteiger partial charge < -0.3 is 19.0 Å². The maximum Gasteiger partial charge on any atom is 0.335 e. The number of rotatable bonds is 3. The zero-order chi connectivity index (χ0) is 18.7. The highest BCUT2D eigenvalue weighted by molar-refractivity contribution is 5.91. The Bertz CT molecular complexity index is 715. The molecule has 1 saturated heterocycles. The van der Waals surface area contributed by atoms with Crippen LogP contribution in [0.15, 0.2) is 59.0 Å². The molecule has 1 aliphatic carbocycles. The van der Waals surface area contributed by atoms with Gasteiger partial charge in [-0.15, -0.1) is 0 Å². The third kappa shape index (κ3) is 3.69. The van der Waals surface area contributed by atoms with Crippen molar-refractivity contribution in [3.63, 3.8) is 0 Å². The Morgan fingerprint density at radius 2 is 2.27 bits per heavy atom. The fourth-order valence-corrected chi connectivity index (χ4v) is 4.11. The smallest absolute Gasteiger partial charge is 0.335 e. The highest BCUT2D eigenvalue weighted by atomic mass is 16.7. The molecule has 5 heteroatoms. The van der Waals surface area contributed by atoms with E-state index in [2.05, 4.69) is 13.5 Å². The molecule has 0 saturated carbocycles. The highest BCUT2D eigenvalue weighted by Crippen LogP contribution is 2.51. The van der Waals surface area contributed by atoms with Crippen molar-refractivity contribution < 1.29 is 23.8 Å². The Labute approximate surface area is 154 Å². The second kappa shape index (κ2) is 7.64. The lowest BCUT2D eigenvalue weighted by molar-refractivity contribution is -0.249. The van der Waals surface area contributed by atoms with Crippen molar-refractivity contribution in [2.24, 2.45) is 11.3 Å². The third-order valence-electron chi connectivity index (χ3n) is 5.67. The molecule has 5 nitrogen and oxygen atoms in total. The number of methoxy groups -OCH3 is 1. The standard InChI is InChI=1S/C21H26O5/c1-14-7-8-17-20(24-3)26-18(15-9-11-25-13-15)12-21(17,2)10-5-4-6-16(14)19(22)23/h4-6,9,11,13,17-18,20H,1,7-8,10,12H2,2-3H3,(H,22,23)/t17-,18-,20-,21-/m0/s1. The lowest BCUT2D eigenvalue weighted by atomic mass is 9.66. The Morgan fingerprint density at radius 3 is 2.92 bits per heavy atom. The number of aliphatic carboxylic acids is 1. The molecule has 0 bridgehead atoms. The van der Waals surface area contributed by atoms with Crippen LogP contribution in [0, 0.1) is 11.3 Å². The van der Waals surface area contributed by atoms with Crippen LogP contribution >= 0.6 is 0 Å². The average molecular weight is 358 g/mol. The lowest BCUT2D eigenvalue weighted by Crippen LogP contribution is -2.45. The van der Waals surface area contributed by atoms with E-state index in [-0.39, 0.29) is 29.3 Å². The van der Waals surface area contributed by atoms with Crippen molar-refractivity contribution in [1.82, 2.24) is 0 Å². The summed E-state index contributed by atoms with van der Waals surface area (Å²) >= 11 is 0. The number of allylic oxidation sites excluding steroid dienone is 3. The second-order valence-corrected chi connectivity index (χ2v) is 7.41. The molecule has 1 fully saturated rings.